The SMILES string of the molecule is COC(=O)c1ccc(Sc2ccccc2-c2cn(-c3ccc(OC)cc3OC)nn2)cc1. The van der Waals surface area contributed by atoms with Crippen molar-refractivity contribution in [1.29, 1.82) is 0 Å². The molecule has 0 unspecified atom stereocenters. The second kappa shape index (κ2) is 9.57. The van der Waals surface area contributed by atoms with Crippen LogP contribution in [0.4, 0.5) is 0 Å². The van der Waals surface area contributed by atoms with Gasteiger partial charge in [0.25, 0.3) is 0 Å². The molecule has 0 amide bonds. The fraction of sp³-hybridized carbons (Fsp3) is 0.125. The van der Waals surface area contributed by atoms with Crippen LogP contribution in [-0.2, 0) is 4.74 Å². The minimum absolute atomic E-state index is 0.354. The number of hydrogen-bond acceptors (Lipinski definition) is 7. The van der Waals surface area contributed by atoms with Crippen LogP contribution < -0.4 is 9.47 Å². The summed E-state index contributed by atoms with van der Waals surface area (Å²) in [5, 5.41) is 8.68. The normalized spacial score (nSPS) is 10.6. The van der Waals surface area contributed by atoms with Crippen molar-refractivity contribution in [2.24, 2.45) is 0 Å². The quantitative estimate of drug-likeness (QED) is 0.373. The molecule has 4 rings (SSSR count). The average Bonchev–Trinajstić information content (AvgIpc) is 3.33. The second-order valence-electron chi connectivity index (χ2n) is 6.70. The van der Waals surface area contributed by atoms with Gasteiger partial charge >= 0.3 is 5.97 Å². The summed E-state index contributed by atoms with van der Waals surface area (Å²) in [5.74, 6) is 0.979. The number of rotatable bonds is 7. The van der Waals surface area contributed by atoms with Gasteiger partial charge in [0.05, 0.1) is 33.1 Å². The van der Waals surface area contributed by atoms with Crippen LogP contribution in [0.25, 0.3) is 16.9 Å². The zero-order valence-corrected chi connectivity index (χ0v) is 18.6. The number of carbonyl (C=O) groups is 1. The summed E-state index contributed by atoms with van der Waals surface area (Å²) in [6.45, 7) is 0. The van der Waals surface area contributed by atoms with E-state index in [-0.39, 0.29) is 5.97 Å². The Morgan fingerprint density at radius 3 is 2.44 bits per heavy atom. The number of aromatic nitrogens is 3. The Morgan fingerprint density at radius 2 is 1.72 bits per heavy atom. The lowest BCUT2D eigenvalue weighted by Gasteiger charge is -2.09. The van der Waals surface area contributed by atoms with E-state index in [0.29, 0.717) is 17.1 Å². The molecule has 0 fully saturated rings. The van der Waals surface area contributed by atoms with E-state index >= 15 is 0 Å². The third-order valence-corrected chi connectivity index (χ3v) is 5.88. The lowest BCUT2D eigenvalue weighted by atomic mass is 10.2. The Labute approximate surface area is 189 Å². The first-order chi connectivity index (χ1) is 15.6. The van der Waals surface area contributed by atoms with Crippen molar-refractivity contribution in [3.05, 3.63) is 78.5 Å². The molecular formula is C24H21N3O4S. The average molecular weight is 448 g/mol. The monoisotopic (exact) mass is 447 g/mol. The Balaban J connectivity index is 1.63. The van der Waals surface area contributed by atoms with Crippen LogP contribution in [0.2, 0.25) is 0 Å². The summed E-state index contributed by atoms with van der Waals surface area (Å²) < 4.78 is 17.2. The number of benzene rings is 3. The van der Waals surface area contributed by atoms with E-state index in [0.717, 1.165) is 26.7 Å². The van der Waals surface area contributed by atoms with Gasteiger partial charge in [0.2, 0.25) is 0 Å². The standard InChI is InChI=1S/C24H21N3O4S/c1-29-17-10-13-21(22(14-17)30-2)27-15-20(25-26-27)19-6-4-5-7-23(19)32-18-11-8-16(9-12-18)24(28)31-3/h4-15H,1-3H3. The molecule has 4 aromatic rings. The molecule has 32 heavy (non-hydrogen) atoms. The van der Waals surface area contributed by atoms with Crippen molar-refractivity contribution in [2.45, 2.75) is 9.79 Å². The van der Waals surface area contributed by atoms with E-state index in [4.69, 9.17) is 14.2 Å². The molecule has 0 radical (unpaired) electrons. The van der Waals surface area contributed by atoms with E-state index in [1.54, 1.807) is 48.9 Å². The zero-order chi connectivity index (χ0) is 22.5. The van der Waals surface area contributed by atoms with Crippen LogP contribution >= 0.6 is 11.8 Å². The highest BCUT2D eigenvalue weighted by atomic mass is 32.2. The maximum Gasteiger partial charge on any atom is 0.337 e. The highest BCUT2D eigenvalue weighted by molar-refractivity contribution is 7.99. The molecule has 1 heterocycles. The predicted octanol–water partition coefficient (Wildman–Crippen LogP) is 4.89. The molecule has 1 aromatic heterocycles. The van der Waals surface area contributed by atoms with Crippen molar-refractivity contribution in [3.63, 3.8) is 0 Å². The minimum atomic E-state index is -0.354. The Hall–Kier alpha value is -3.78. The first-order valence-electron chi connectivity index (χ1n) is 9.73. The van der Waals surface area contributed by atoms with E-state index < -0.39 is 0 Å². The Bertz CT molecular complexity index is 1240. The highest BCUT2D eigenvalue weighted by Crippen LogP contribution is 2.36. The van der Waals surface area contributed by atoms with Crippen LogP contribution in [0.3, 0.4) is 0 Å². The van der Waals surface area contributed by atoms with Gasteiger partial charge in [0.1, 0.15) is 22.9 Å². The Kier molecular flexibility index (Phi) is 6.42. The van der Waals surface area contributed by atoms with Crippen molar-refractivity contribution in [3.8, 4) is 28.4 Å². The summed E-state index contributed by atoms with van der Waals surface area (Å²) in [5.41, 5.74) is 2.96. The topological polar surface area (TPSA) is 75.5 Å². The lowest BCUT2D eigenvalue weighted by molar-refractivity contribution is 0.0600. The van der Waals surface area contributed by atoms with Gasteiger partial charge in [-0.05, 0) is 42.5 Å². The first-order valence-corrected chi connectivity index (χ1v) is 10.5. The van der Waals surface area contributed by atoms with E-state index in [1.165, 1.54) is 7.11 Å². The zero-order valence-electron chi connectivity index (χ0n) is 17.8. The van der Waals surface area contributed by atoms with Gasteiger partial charge in [-0.2, -0.15) is 0 Å². The predicted molar refractivity (Wildman–Crippen MR) is 122 cm³/mol. The van der Waals surface area contributed by atoms with Gasteiger partial charge < -0.3 is 14.2 Å². The summed E-state index contributed by atoms with van der Waals surface area (Å²) in [7, 11) is 4.59. The van der Waals surface area contributed by atoms with E-state index in [9.17, 15) is 4.79 Å². The molecule has 0 N–H and O–H groups in total. The van der Waals surface area contributed by atoms with Crippen LogP contribution in [0.5, 0.6) is 11.5 Å². The Morgan fingerprint density at radius 1 is 0.938 bits per heavy atom. The van der Waals surface area contributed by atoms with E-state index in [2.05, 4.69) is 10.3 Å². The molecule has 0 aliphatic carbocycles. The second-order valence-corrected chi connectivity index (χ2v) is 7.82. The van der Waals surface area contributed by atoms with Gasteiger partial charge in [-0.1, -0.05) is 35.2 Å². The van der Waals surface area contributed by atoms with Gasteiger partial charge in [0.15, 0.2) is 0 Å². The number of hydrogen-bond donors (Lipinski definition) is 0. The molecule has 8 heteroatoms. The maximum absolute atomic E-state index is 11.7. The summed E-state index contributed by atoms with van der Waals surface area (Å²) in [4.78, 5) is 13.7. The third kappa shape index (κ3) is 4.45. The van der Waals surface area contributed by atoms with Crippen LogP contribution in [-0.4, -0.2) is 42.3 Å². The molecule has 0 bridgehead atoms. The molecule has 0 atom stereocenters. The molecule has 0 spiro atoms. The lowest BCUT2D eigenvalue weighted by Crippen LogP contribution is -2.00. The van der Waals surface area contributed by atoms with Gasteiger partial charge in [-0.25, -0.2) is 9.48 Å². The van der Waals surface area contributed by atoms with E-state index in [1.807, 2.05) is 54.7 Å². The number of ether oxygens (including phenoxy) is 3. The van der Waals surface area contributed by atoms with Crippen LogP contribution in [0.1, 0.15) is 10.4 Å². The van der Waals surface area contributed by atoms with Crippen LogP contribution in [0, 0.1) is 0 Å². The van der Waals surface area contributed by atoms with Gasteiger partial charge in [0, 0.05) is 21.4 Å². The molecule has 0 saturated carbocycles. The van der Waals surface area contributed by atoms with Crippen molar-refractivity contribution < 1.29 is 19.0 Å². The van der Waals surface area contributed by atoms with Crippen molar-refractivity contribution >= 4 is 17.7 Å². The summed E-state index contributed by atoms with van der Waals surface area (Å²) in [6, 6.07) is 20.8. The van der Waals surface area contributed by atoms with Crippen molar-refractivity contribution in [1.82, 2.24) is 15.0 Å². The minimum Gasteiger partial charge on any atom is -0.497 e. The maximum atomic E-state index is 11.7. The number of esters is 1. The molecule has 0 aliphatic heterocycles. The molecule has 162 valence electrons. The highest BCUT2D eigenvalue weighted by Gasteiger charge is 2.14. The molecule has 0 saturated heterocycles. The smallest absolute Gasteiger partial charge is 0.337 e. The van der Waals surface area contributed by atoms with Gasteiger partial charge in [-0.15, -0.1) is 5.10 Å². The molecule has 0 aliphatic rings. The molecule has 7 nitrogen and oxygen atoms in total. The number of nitrogens with zero attached hydrogens (tertiary/aromatic N) is 3. The number of carbonyl (C=O) groups excluding carboxylic acids is 1. The summed E-state index contributed by atoms with van der Waals surface area (Å²) in [6.07, 6.45) is 1.87. The molecular weight excluding hydrogens is 426 g/mol. The van der Waals surface area contributed by atoms with Gasteiger partial charge in [-0.3, -0.25) is 0 Å². The van der Waals surface area contributed by atoms with Crippen LogP contribution in [0.15, 0.2) is 82.7 Å². The largest absolute Gasteiger partial charge is 0.497 e. The fourth-order valence-electron chi connectivity index (χ4n) is 3.15. The fourth-order valence-corrected chi connectivity index (χ4v) is 4.11. The first kappa shape index (κ1) is 21.5. The van der Waals surface area contributed by atoms with Crippen molar-refractivity contribution in [2.75, 3.05) is 21.3 Å². The molecule has 3 aromatic carbocycles. The number of methoxy groups -OCH3 is 3. The third-order valence-electron chi connectivity index (χ3n) is 4.79. The summed E-state index contributed by atoms with van der Waals surface area (Å²) >= 11 is 1.58.